The minimum absolute atomic E-state index is 0.118. The second kappa shape index (κ2) is 53.7. The summed E-state index contributed by atoms with van der Waals surface area (Å²) < 4.78 is 17.6. The summed E-state index contributed by atoms with van der Waals surface area (Å²) in [5, 5.41) is 56.9. The molecule has 0 radical (unpaired) electrons. The van der Waals surface area contributed by atoms with E-state index in [-0.39, 0.29) is 19.4 Å². The molecule has 0 aliphatic carbocycles. The molecule has 77 heavy (non-hydrogen) atoms. The maximum Gasteiger partial charge on any atom is 0.306 e. The van der Waals surface area contributed by atoms with Gasteiger partial charge in [-0.25, -0.2) is 0 Å². The van der Waals surface area contributed by atoms with Gasteiger partial charge in [0.25, 0.3) is 0 Å². The van der Waals surface area contributed by atoms with Gasteiger partial charge in [0.05, 0.1) is 25.4 Å². The molecule has 11 heteroatoms. The molecule has 1 saturated heterocycles. The SMILES string of the molecule is CC/C=C/C=C/C=C\CCCCCCC(O)C(=O)NC(COC1OC(CO)C(O)C(O)C1OC(=O)CCCCCCCCCCCCCCC/C=C\C/C=C\CCCCC)C(O)/C=C/CCCCCCCCCCCCC. The summed E-state index contributed by atoms with van der Waals surface area (Å²) in [5.74, 6) is -1.22. The van der Waals surface area contributed by atoms with Gasteiger partial charge in [-0.2, -0.15) is 0 Å². The van der Waals surface area contributed by atoms with Crippen LogP contribution in [0.4, 0.5) is 0 Å². The van der Waals surface area contributed by atoms with Crippen LogP contribution in [0.15, 0.2) is 72.9 Å². The van der Waals surface area contributed by atoms with E-state index in [1.807, 2.05) is 30.4 Å². The molecule has 0 saturated carbocycles. The second-order valence-electron chi connectivity index (χ2n) is 21.8. The molecule has 446 valence electrons. The lowest BCUT2D eigenvalue weighted by molar-refractivity contribution is -0.305. The molecule has 1 aliphatic rings. The molecule has 1 fully saturated rings. The van der Waals surface area contributed by atoms with E-state index in [9.17, 15) is 35.1 Å². The van der Waals surface area contributed by atoms with Gasteiger partial charge in [0.1, 0.15) is 24.4 Å². The van der Waals surface area contributed by atoms with Crippen LogP contribution in [-0.4, -0.2) is 99.6 Å². The highest BCUT2D eigenvalue weighted by Crippen LogP contribution is 2.26. The minimum Gasteiger partial charge on any atom is -0.454 e. The smallest absolute Gasteiger partial charge is 0.306 e. The number of amides is 1. The third-order valence-electron chi connectivity index (χ3n) is 14.7. The van der Waals surface area contributed by atoms with Crippen LogP contribution in [0.3, 0.4) is 0 Å². The van der Waals surface area contributed by atoms with Crippen molar-refractivity contribution in [3.8, 4) is 0 Å². The normalized spacial score (nSPS) is 19.5. The van der Waals surface area contributed by atoms with E-state index in [4.69, 9.17) is 14.2 Å². The average molecular weight is 1080 g/mol. The maximum atomic E-state index is 13.4. The van der Waals surface area contributed by atoms with E-state index in [2.05, 4.69) is 62.5 Å². The number of unbranched alkanes of at least 4 members (excludes halogenated alkanes) is 31. The molecular formula is C66H117NO10. The van der Waals surface area contributed by atoms with Crippen LogP contribution < -0.4 is 5.32 Å². The number of aliphatic hydroxyl groups excluding tert-OH is 5. The highest BCUT2D eigenvalue weighted by molar-refractivity contribution is 5.80. The fourth-order valence-electron chi connectivity index (χ4n) is 9.62. The molecule has 8 atom stereocenters. The molecule has 0 aromatic carbocycles. The minimum atomic E-state index is -1.62. The van der Waals surface area contributed by atoms with Crippen LogP contribution in [0.25, 0.3) is 0 Å². The molecule has 11 nitrogen and oxygen atoms in total. The van der Waals surface area contributed by atoms with Crippen molar-refractivity contribution in [2.24, 2.45) is 0 Å². The standard InChI is InChI=1S/C66H117NO10/c1-4-7-10-13-16-19-22-25-26-27-28-29-30-31-32-33-34-36-39-42-45-48-51-54-61(71)77-64-63(73)62(72)60(55-68)76-66(64)75-56-57(58(69)52-49-46-43-40-38-35-23-20-17-14-11-8-5-2)67-65(74)59(70)53-50-47-44-41-37-24-21-18-15-12-9-6-3/h9,12,15-16,18-19,21,24-26,49,52,57-60,62-64,66,68-70,72-73H,4-8,10-11,13-14,17,20,22-23,27-48,50-51,53-56H2,1-3H3,(H,67,74)/b12-9+,18-15+,19-16-,24-21-,26-25-,52-49+. The van der Waals surface area contributed by atoms with E-state index >= 15 is 0 Å². The summed E-state index contributed by atoms with van der Waals surface area (Å²) >= 11 is 0. The summed E-state index contributed by atoms with van der Waals surface area (Å²) in [6, 6.07) is -1.04. The number of esters is 1. The molecule has 1 heterocycles. The van der Waals surface area contributed by atoms with Crippen LogP contribution in [0.5, 0.6) is 0 Å². The van der Waals surface area contributed by atoms with Crippen molar-refractivity contribution in [3.63, 3.8) is 0 Å². The van der Waals surface area contributed by atoms with E-state index in [0.29, 0.717) is 12.8 Å². The Bertz CT molecular complexity index is 1530. The summed E-state index contributed by atoms with van der Waals surface area (Å²) in [5.41, 5.74) is 0. The Balaban J connectivity index is 2.62. The molecule has 1 amide bonds. The lowest BCUT2D eigenvalue weighted by Gasteiger charge is -2.41. The zero-order valence-electron chi connectivity index (χ0n) is 49.3. The second-order valence-corrected chi connectivity index (χ2v) is 21.8. The number of ether oxygens (including phenoxy) is 3. The van der Waals surface area contributed by atoms with Gasteiger partial charge in [0, 0.05) is 6.42 Å². The summed E-state index contributed by atoms with van der Waals surface area (Å²) in [4.78, 5) is 26.5. The highest BCUT2D eigenvalue weighted by Gasteiger charge is 2.47. The van der Waals surface area contributed by atoms with Crippen LogP contribution >= 0.6 is 0 Å². The molecule has 0 aromatic rings. The van der Waals surface area contributed by atoms with Crippen LogP contribution in [0.2, 0.25) is 0 Å². The Kier molecular flexibility index (Phi) is 50.3. The van der Waals surface area contributed by atoms with E-state index in [1.165, 1.54) is 148 Å². The lowest BCUT2D eigenvalue weighted by atomic mass is 9.99. The first-order valence-electron chi connectivity index (χ1n) is 31.7. The number of nitrogens with one attached hydrogen (secondary N) is 1. The van der Waals surface area contributed by atoms with Gasteiger partial charge in [0.2, 0.25) is 5.91 Å². The van der Waals surface area contributed by atoms with Gasteiger partial charge in [-0.1, -0.05) is 261 Å². The highest BCUT2D eigenvalue weighted by atomic mass is 16.7. The Hall–Kier alpha value is -2.90. The zero-order chi connectivity index (χ0) is 56.1. The maximum absolute atomic E-state index is 13.4. The number of carbonyl (C=O) groups is 2. The van der Waals surface area contributed by atoms with Crippen molar-refractivity contribution < 1.29 is 49.3 Å². The zero-order valence-corrected chi connectivity index (χ0v) is 49.3. The van der Waals surface area contributed by atoms with Crippen LogP contribution in [0, 0.1) is 0 Å². The number of hydrogen-bond acceptors (Lipinski definition) is 10. The fourth-order valence-corrected chi connectivity index (χ4v) is 9.62. The van der Waals surface area contributed by atoms with Gasteiger partial charge in [-0.3, -0.25) is 9.59 Å². The van der Waals surface area contributed by atoms with Crippen molar-refractivity contribution in [2.75, 3.05) is 13.2 Å². The van der Waals surface area contributed by atoms with Crippen molar-refractivity contribution in [3.05, 3.63) is 72.9 Å². The summed E-state index contributed by atoms with van der Waals surface area (Å²) in [6.45, 7) is 5.62. The largest absolute Gasteiger partial charge is 0.454 e. The third-order valence-corrected chi connectivity index (χ3v) is 14.7. The predicted octanol–water partition coefficient (Wildman–Crippen LogP) is 15.2. The number of allylic oxidation sites excluding steroid dienone is 11. The molecule has 1 aliphatic heterocycles. The van der Waals surface area contributed by atoms with E-state index in [0.717, 1.165) is 77.0 Å². The van der Waals surface area contributed by atoms with Gasteiger partial charge in [-0.15, -0.1) is 0 Å². The topological polar surface area (TPSA) is 175 Å². The molecule has 0 spiro atoms. The van der Waals surface area contributed by atoms with Crippen molar-refractivity contribution in [1.82, 2.24) is 5.32 Å². The summed E-state index contributed by atoms with van der Waals surface area (Å²) in [7, 11) is 0. The van der Waals surface area contributed by atoms with Crippen molar-refractivity contribution in [1.29, 1.82) is 0 Å². The van der Waals surface area contributed by atoms with E-state index < -0.39 is 67.4 Å². The molecule has 0 aromatic heterocycles. The number of carbonyl (C=O) groups excluding carboxylic acids is 2. The summed E-state index contributed by atoms with van der Waals surface area (Å²) in [6.07, 6.45) is 58.0. The monoisotopic (exact) mass is 1080 g/mol. The number of hydrogen-bond donors (Lipinski definition) is 6. The Morgan fingerprint density at radius 2 is 0.987 bits per heavy atom. The average Bonchev–Trinajstić information content (AvgIpc) is 3.43. The van der Waals surface area contributed by atoms with Crippen LogP contribution in [-0.2, 0) is 23.8 Å². The molecular weight excluding hydrogens is 967 g/mol. The third kappa shape index (κ3) is 41.7. The Morgan fingerprint density at radius 1 is 0.532 bits per heavy atom. The van der Waals surface area contributed by atoms with Crippen molar-refractivity contribution >= 4 is 11.9 Å². The Morgan fingerprint density at radius 3 is 1.52 bits per heavy atom. The van der Waals surface area contributed by atoms with Crippen LogP contribution in [0.1, 0.15) is 271 Å². The van der Waals surface area contributed by atoms with Gasteiger partial charge >= 0.3 is 5.97 Å². The molecule has 0 bridgehead atoms. The van der Waals surface area contributed by atoms with Gasteiger partial charge < -0.3 is 45.1 Å². The lowest BCUT2D eigenvalue weighted by Crippen LogP contribution is -2.61. The molecule has 6 N–H and O–H groups in total. The number of rotatable bonds is 53. The fraction of sp³-hybridized carbons (Fsp3) is 0.788. The number of aliphatic hydroxyl groups is 5. The van der Waals surface area contributed by atoms with Gasteiger partial charge in [-0.05, 0) is 77.0 Å². The first kappa shape index (κ1) is 72.1. The first-order valence-corrected chi connectivity index (χ1v) is 31.7. The molecule has 8 unspecified atom stereocenters. The van der Waals surface area contributed by atoms with Gasteiger partial charge in [0.15, 0.2) is 12.4 Å². The molecule has 1 rings (SSSR count). The Labute approximate surface area is 471 Å². The van der Waals surface area contributed by atoms with Crippen molar-refractivity contribution in [2.45, 2.75) is 320 Å². The predicted molar refractivity (Wildman–Crippen MR) is 319 cm³/mol. The van der Waals surface area contributed by atoms with E-state index in [1.54, 1.807) is 6.08 Å². The first-order chi connectivity index (χ1) is 37.7. The quantitative estimate of drug-likeness (QED) is 0.0149.